The number of hydrogen-bond donors (Lipinski definition) is 0. The molecular weight excluding hydrogens is 540 g/mol. The molecule has 0 radical (unpaired) electrons. The maximum Gasteiger partial charge on any atom is 0.573 e. The van der Waals surface area contributed by atoms with Crippen molar-refractivity contribution in [3.05, 3.63) is 53.1 Å². The van der Waals surface area contributed by atoms with Gasteiger partial charge < -0.3 is 14.5 Å². The van der Waals surface area contributed by atoms with Gasteiger partial charge >= 0.3 is 6.36 Å². The van der Waals surface area contributed by atoms with Gasteiger partial charge in [-0.1, -0.05) is 25.5 Å². The van der Waals surface area contributed by atoms with Crippen LogP contribution in [-0.2, 0) is 17.9 Å². The largest absolute Gasteiger partial charge is 0.573 e. The van der Waals surface area contributed by atoms with Crippen molar-refractivity contribution in [3.8, 4) is 5.75 Å². The number of halogens is 3. The normalized spacial score (nSPS) is 14.4. The second kappa shape index (κ2) is 14.8. The predicted octanol–water partition coefficient (Wildman–Crippen LogP) is 4.30. The van der Waals surface area contributed by atoms with Crippen LogP contribution in [-0.4, -0.2) is 86.1 Å². The van der Waals surface area contributed by atoms with Crippen LogP contribution in [0.15, 0.2) is 36.4 Å². The first-order valence-corrected chi connectivity index (χ1v) is 14.3. The van der Waals surface area contributed by atoms with Gasteiger partial charge in [0.15, 0.2) is 6.29 Å². The van der Waals surface area contributed by atoms with Crippen LogP contribution in [0.3, 0.4) is 0 Å². The predicted molar refractivity (Wildman–Crippen MR) is 155 cm³/mol. The maximum atomic E-state index is 12.7. The molecule has 1 unspecified atom stereocenters. The summed E-state index contributed by atoms with van der Waals surface area (Å²) in [5, 5.41) is 0.816. The van der Waals surface area contributed by atoms with Crippen LogP contribution in [0.25, 0.3) is 0 Å². The number of unbranched alkanes of at least 4 members (excludes halogenated alkanes) is 1. The monoisotopic (exact) mass is 580 g/mol. The maximum absolute atomic E-state index is 12.7. The Kier molecular flexibility index (Phi) is 11.8. The lowest BCUT2D eigenvalue weighted by molar-refractivity contribution is -0.274. The highest BCUT2D eigenvalue weighted by Gasteiger charge is 2.31. The molecule has 1 atom stereocenters. The molecule has 0 N–H and O–H groups in total. The SMILES string of the molecule is CCCCN(CC)C(=O)CN1CCN(c2cc(P)c(C=O)c(CN(C)Cc3ccc(OC(F)(F)F)cc3)c2)CC1. The molecule has 7 nitrogen and oxygen atoms in total. The van der Waals surface area contributed by atoms with Crippen molar-refractivity contribution in [1.29, 1.82) is 0 Å². The van der Waals surface area contributed by atoms with Crippen LogP contribution in [0.4, 0.5) is 18.9 Å². The van der Waals surface area contributed by atoms with Gasteiger partial charge in [0.1, 0.15) is 5.75 Å². The smallest absolute Gasteiger partial charge is 0.406 e. The molecule has 0 aliphatic carbocycles. The molecule has 0 saturated carbocycles. The van der Waals surface area contributed by atoms with Crippen LogP contribution >= 0.6 is 9.24 Å². The number of carbonyl (C=O) groups is 2. The number of alkyl halides is 3. The van der Waals surface area contributed by atoms with Gasteiger partial charge in [0.25, 0.3) is 0 Å². The lowest BCUT2D eigenvalue weighted by Gasteiger charge is -2.37. The van der Waals surface area contributed by atoms with Crippen molar-refractivity contribution in [1.82, 2.24) is 14.7 Å². The number of piperazine rings is 1. The number of carbonyl (C=O) groups excluding carboxylic acids is 2. The van der Waals surface area contributed by atoms with Crippen molar-refractivity contribution >= 4 is 32.4 Å². The molecule has 40 heavy (non-hydrogen) atoms. The first kappa shape index (κ1) is 31.8. The van der Waals surface area contributed by atoms with E-state index in [4.69, 9.17) is 0 Å². The van der Waals surface area contributed by atoms with Gasteiger partial charge in [-0.15, -0.1) is 22.4 Å². The topological polar surface area (TPSA) is 56.3 Å². The summed E-state index contributed by atoms with van der Waals surface area (Å²) in [6.45, 7) is 10.2. The van der Waals surface area contributed by atoms with E-state index in [2.05, 4.69) is 30.7 Å². The van der Waals surface area contributed by atoms with Gasteiger partial charge in [-0.25, -0.2) is 0 Å². The van der Waals surface area contributed by atoms with Crippen LogP contribution < -0.4 is 14.9 Å². The molecule has 1 saturated heterocycles. The average molecular weight is 581 g/mol. The summed E-state index contributed by atoms with van der Waals surface area (Å²) in [7, 11) is 4.56. The minimum atomic E-state index is -4.72. The number of nitrogens with zero attached hydrogens (tertiary/aromatic N) is 4. The molecule has 1 aliphatic rings. The zero-order valence-electron chi connectivity index (χ0n) is 23.5. The molecule has 0 bridgehead atoms. The Morgan fingerprint density at radius 1 is 1.07 bits per heavy atom. The Morgan fingerprint density at radius 3 is 2.33 bits per heavy atom. The Labute approximate surface area is 237 Å². The second-order valence-electron chi connectivity index (χ2n) is 10.2. The number of aldehydes is 1. The standard InChI is InChI=1S/C29H40F3N4O3P/c1-4-6-11-35(5-2)28(38)20-34-12-14-36(15-13-34)24-16-23(26(21-37)27(40)17-24)19-33(3)18-22-7-9-25(10-8-22)39-29(30,31)32/h7-10,16-17,21H,4-6,11-15,18-20,40H2,1-3H3. The molecule has 2 aromatic carbocycles. The van der Waals surface area contributed by atoms with E-state index in [1.807, 2.05) is 35.9 Å². The summed E-state index contributed by atoms with van der Waals surface area (Å²) in [5.41, 5.74) is 3.35. The summed E-state index contributed by atoms with van der Waals surface area (Å²) in [4.78, 5) is 33.1. The van der Waals surface area contributed by atoms with Crippen LogP contribution in [0.2, 0.25) is 0 Å². The Balaban J connectivity index is 1.61. The molecule has 1 heterocycles. The van der Waals surface area contributed by atoms with Crippen molar-refractivity contribution in [2.45, 2.75) is 46.1 Å². The van der Waals surface area contributed by atoms with Gasteiger partial charge in [0.05, 0.1) is 6.54 Å². The molecule has 220 valence electrons. The number of hydrogen-bond acceptors (Lipinski definition) is 6. The first-order chi connectivity index (χ1) is 19.0. The molecule has 1 aliphatic heterocycles. The minimum absolute atomic E-state index is 0.180. The van der Waals surface area contributed by atoms with E-state index < -0.39 is 6.36 Å². The molecule has 0 spiro atoms. The van der Waals surface area contributed by atoms with Gasteiger partial charge in [0, 0.05) is 63.6 Å². The third kappa shape index (κ3) is 9.46. The quantitative estimate of drug-likeness (QED) is 0.260. The number of amides is 1. The van der Waals surface area contributed by atoms with Gasteiger partial charge in [0.2, 0.25) is 5.91 Å². The fraction of sp³-hybridized carbons (Fsp3) is 0.517. The molecule has 2 aromatic rings. The lowest BCUT2D eigenvalue weighted by atomic mass is 10.1. The van der Waals surface area contributed by atoms with E-state index in [1.54, 1.807) is 12.1 Å². The van der Waals surface area contributed by atoms with E-state index in [1.165, 1.54) is 12.1 Å². The second-order valence-corrected chi connectivity index (χ2v) is 10.8. The summed E-state index contributed by atoms with van der Waals surface area (Å²) in [5.74, 6) is -0.0778. The van der Waals surface area contributed by atoms with Crippen LogP contribution in [0.1, 0.15) is 48.2 Å². The van der Waals surface area contributed by atoms with Crippen molar-refractivity contribution < 1.29 is 27.5 Å². The Hall–Kier alpha value is -2.68. The van der Waals surface area contributed by atoms with Crippen LogP contribution in [0, 0.1) is 0 Å². The average Bonchev–Trinajstić information content (AvgIpc) is 2.89. The van der Waals surface area contributed by atoms with Crippen molar-refractivity contribution in [2.24, 2.45) is 0 Å². The summed E-state index contributed by atoms with van der Waals surface area (Å²) in [6.07, 6.45) is -1.78. The zero-order chi connectivity index (χ0) is 29.3. The summed E-state index contributed by atoms with van der Waals surface area (Å²) < 4.78 is 41.2. The summed E-state index contributed by atoms with van der Waals surface area (Å²) >= 11 is 0. The van der Waals surface area contributed by atoms with E-state index >= 15 is 0 Å². The molecule has 0 aromatic heterocycles. The van der Waals surface area contributed by atoms with Gasteiger partial charge in [-0.3, -0.25) is 19.4 Å². The van der Waals surface area contributed by atoms with E-state index in [9.17, 15) is 22.8 Å². The highest BCUT2D eigenvalue weighted by molar-refractivity contribution is 7.27. The number of ether oxygens (including phenoxy) is 1. The third-order valence-electron chi connectivity index (χ3n) is 7.06. The molecule has 1 fully saturated rings. The fourth-order valence-electron chi connectivity index (χ4n) is 4.90. The number of likely N-dealkylation sites (N-methyl/N-ethyl adjacent to an activating group) is 1. The Bertz CT molecular complexity index is 1120. The van der Waals surface area contributed by atoms with Gasteiger partial charge in [-0.05, 0) is 61.1 Å². The van der Waals surface area contributed by atoms with Crippen molar-refractivity contribution in [2.75, 3.05) is 57.8 Å². The van der Waals surface area contributed by atoms with E-state index in [-0.39, 0.29) is 11.7 Å². The molecule has 1 amide bonds. The van der Waals surface area contributed by atoms with Crippen LogP contribution in [0.5, 0.6) is 5.75 Å². The minimum Gasteiger partial charge on any atom is -0.406 e. The molecule has 11 heteroatoms. The fourth-order valence-corrected chi connectivity index (χ4v) is 5.32. The zero-order valence-corrected chi connectivity index (χ0v) is 24.7. The highest BCUT2D eigenvalue weighted by atomic mass is 31.0. The lowest BCUT2D eigenvalue weighted by Crippen LogP contribution is -2.50. The molecule has 3 rings (SSSR count). The van der Waals surface area contributed by atoms with Gasteiger partial charge in [-0.2, -0.15) is 0 Å². The first-order valence-electron chi connectivity index (χ1n) is 13.7. The van der Waals surface area contributed by atoms with E-state index in [0.29, 0.717) is 25.2 Å². The third-order valence-corrected chi connectivity index (χ3v) is 7.54. The number of rotatable bonds is 13. The number of benzene rings is 2. The van der Waals surface area contributed by atoms with E-state index in [0.717, 1.165) is 80.5 Å². The summed E-state index contributed by atoms with van der Waals surface area (Å²) in [6, 6.07) is 9.84. The molecular formula is C29H40F3N4O3P. The van der Waals surface area contributed by atoms with Crippen molar-refractivity contribution in [3.63, 3.8) is 0 Å². The highest BCUT2D eigenvalue weighted by Crippen LogP contribution is 2.25. The number of anilines is 1. The Morgan fingerprint density at radius 2 is 1.75 bits per heavy atom.